The predicted molar refractivity (Wildman–Crippen MR) is 117 cm³/mol. The fraction of sp³-hybridized carbons (Fsp3) is 0.200. The van der Waals surface area contributed by atoms with Crippen LogP contribution in [0.5, 0.6) is 0 Å². The first-order chi connectivity index (χ1) is 14.7. The lowest BCUT2D eigenvalue weighted by Crippen LogP contribution is -2.35. The van der Waals surface area contributed by atoms with Crippen LogP contribution < -0.4 is 0 Å². The first-order valence-electron chi connectivity index (χ1n) is 10.2. The van der Waals surface area contributed by atoms with Crippen molar-refractivity contribution in [2.24, 2.45) is 0 Å². The van der Waals surface area contributed by atoms with Crippen molar-refractivity contribution in [3.8, 4) is 17.3 Å². The van der Waals surface area contributed by atoms with Crippen molar-refractivity contribution in [2.75, 3.05) is 13.1 Å². The van der Waals surface area contributed by atoms with Gasteiger partial charge in [0.2, 0.25) is 0 Å². The molecule has 5 heteroatoms. The number of hydrogen-bond acceptors (Lipinski definition) is 4. The molecule has 0 N–H and O–H groups in total. The number of amides is 1. The molecule has 1 aromatic heterocycles. The van der Waals surface area contributed by atoms with Crippen LogP contribution in [0.25, 0.3) is 33.1 Å². The Kier molecular flexibility index (Phi) is 4.61. The molecule has 0 spiro atoms. The van der Waals surface area contributed by atoms with Crippen molar-refractivity contribution < 1.29 is 4.79 Å². The fourth-order valence-corrected chi connectivity index (χ4v) is 4.10. The number of likely N-dealkylation sites (tertiary alicyclic amines) is 1. The maximum Gasteiger partial charge on any atom is 0.253 e. The Bertz CT molecular complexity index is 1320. The molecule has 1 amide bonds. The minimum absolute atomic E-state index is 0.0681. The standard InChI is InChI=1S/C25H20N4O/c26-15-20-6-4-5-17-13-18(7-9-21(17)20)24-16-27-22-10-8-19(14-23(22)28-24)25(30)29-11-2-1-3-12-29/h4-10,13-14,16H,1-3,11-12H2. The summed E-state index contributed by atoms with van der Waals surface area (Å²) in [6, 6.07) is 19.4. The Morgan fingerprint density at radius 3 is 2.67 bits per heavy atom. The molecular formula is C25H20N4O. The molecule has 1 fully saturated rings. The van der Waals surface area contributed by atoms with Gasteiger partial charge in [0.1, 0.15) is 0 Å². The quantitative estimate of drug-likeness (QED) is 0.484. The number of rotatable bonds is 2. The Morgan fingerprint density at radius 1 is 0.967 bits per heavy atom. The molecule has 0 atom stereocenters. The lowest BCUT2D eigenvalue weighted by molar-refractivity contribution is 0.0724. The second-order valence-electron chi connectivity index (χ2n) is 7.66. The molecule has 4 aromatic rings. The Balaban J connectivity index is 1.53. The monoisotopic (exact) mass is 392 g/mol. The van der Waals surface area contributed by atoms with Crippen LogP contribution in [-0.2, 0) is 0 Å². The van der Waals surface area contributed by atoms with E-state index in [1.54, 1.807) is 6.20 Å². The van der Waals surface area contributed by atoms with Gasteiger partial charge in [-0.1, -0.05) is 24.3 Å². The van der Waals surface area contributed by atoms with Crippen molar-refractivity contribution >= 4 is 27.7 Å². The summed E-state index contributed by atoms with van der Waals surface area (Å²) in [4.78, 5) is 24.1. The first-order valence-corrected chi connectivity index (χ1v) is 10.2. The molecule has 5 nitrogen and oxygen atoms in total. The molecule has 3 aromatic carbocycles. The average molecular weight is 392 g/mol. The molecule has 0 aliphatic carbocycles. The molecule has 0 unspecified atom stereocenters. The van der Waals surface area contributed by atoms with Crippen LogP contribution in [0.2, 0.25) is 0 Å². The first kappa shape index (κ1) is 18.3. The molecular weight excluding hydrogens is 372 g/mol. The number of aromatic nitrogens is 2. The molecule has 1 aliphatic rings. The van der Waals surface area contributed by atoms with Gasteiger partial charge < -0.3 is 4.90 Å². The normalized spacial score (nSPS) is 14.0. The van der Waals surface area contributed by atoms with E-state index in [2.05, 4.69) is 11.1 Å². The van der Waals surface area contributed by atoms with E-state index in [9.17, 15) is 10.1 Å². The van der Waals surface area contributed by atoms with Gasteiger partial charge in [-0.15, -0.1) is 0 Å². The van der Waals surface area contributed by atoms with Gasteiger partial charge in [-0.05, 0) is 60.4 Å². The number of carbonyl (C=O) groups excluding carboxylic acids is 1. The average Bonchev–Trinajstić information content (AvgIpc) is 2.82. The number of hydrogen-bond donors (Lipinski definition) is 0. The summed E-state index contributed by atoms with van der Waals surface area (Å²) in [5.41, 5.74) is 4.47. The van der Waals surface area contributed by atoms with E-state index in [-0.39, 0.29) is 5.91 Å². The zero-order chi connectivity index (χ0) is 20.5. The van der Waals surface area contributed by atoms with Crippen molar-refractivity contribution in [3.05, 3.63) is 71.9 Å². The van der Waals surface area contributed by atoms with E-state index >= 15 is 0 Å². The summed E-state index contributed by atoms with van der Waals surface area (Å²) >= 11 is 0. The third kappa shape index (κ3) is 3.27. The van der Waals surface area contributed by atoms with Crippen molar-refractivity contribution in [2.45, 2.75) is 19.3 Å². The summed E-state index contributed by atoms with van der Waals surface area (Å²) in [6.07, 6.45) is 5.08. The number of fused-ring (bicyclic) bond motifs is 2. The molecule has 5 rings (SSSR count). The van der Waals surface area contributed by atoms with Gasteiger partial charge >= 0.3 is 0 Å². The second kappa shape index (κ2) is 7.57. The van der Waals surface area contributed by atoms with Crippen LogP contribution in [0, 0.1) is 11.3 Å². The summed E-state index contributed by atoms with van der Waals surface area (Å²) in [6.45, 7) is 1.65. The third-order valence-electron chi connectivity index (χ3n) is 5.73. The molecule has 0 radical (unpaired) electrons. The highest BCUT2D eigenvalue weighted by Gasteiger charge is 2.18. The van der Waals surface area contributed by atoms with Gasteiger partial charge in [-0.2, -0.15) is 5.26 Å². The van der Waals surface area contributed by atoms with Crippen LogP contribution in [0.4, 0.5) is 0 Å². The highest BCUT2D eigenvalue weighted by molar-refractivity contribution is 5.97. The van der Waals surface area contributed by atoms with Crippen LogP contribution in [-0.4, -0.2) is 33.9 Å². The number of nitrogens with zero attached hydrogens (tertiary/aromatic N) is 4. The van der Waals surface area contributed by atoms with E-state index in [1.165, 1.54) is 6.42 Å². The molecule has 0 bridgehead atoms. The number of carbonyl (C=O) groups is 1. The molecule has 2 heterocycles. The van der Waals surface area contributed by atoms with E-state index in [4.69, 9.17) is 4.98 Å². The Labute approximate surface area is 174 Å². The number of piperidine rings is 1. The summed E-state index contributed by atoms with van der Waals surface area (Å²) in [7, 11) is 0. The largest absolute Gasteiger partial charge is 0.339 e. The van der Waals surface area contributed by atoms with Gasteiger partial charge in [-0.3, -0.25) is 9.78 Å². The van der Waals surface area contributed by atoms with E-state index in [0.29, 0.717) is 16.6 Å². The molecule has 1 saturated heterocycles. The summed E-state index contributed by atoms with van der Waals surface area (Å²) < 4.78 is 0. The van der Waals surface area contributed by atoms with Gasteiger partial charge in [0.15, 0.2) is 0 Å². The molecule has 146 valence electrons. The predicted octanol–water partition coefficient (Wildman–Crippen LogP) is 4.95. The smallest absolute Gasteiger partial charge is 0.253 e. The molecule has 0 saturated carbocycles. The molecule has 30 heavy (non-hydrogen) atoms. The zero-order valence-electron chi connectivity index (χ0n) is 16.5. The van der Waals surface area contributed by atoms with Crippen molar-refractivity contribution in [3.63, 3.8) is 0 Å². The third-order valence-corrected chi connectivity index (χ3v) is 5.73. The van der Waals surface area contributed by atoms with Gasteiger partial charge in [-0.25, -0.2) is 4.98 Å². The minimum Gasteiger partial charge on any atom is -0.339 e. The van der Waals surface area contributed by atoms with Crippen LogP contribution in [0.15, 0.2) is 60.8 Å². The van der Waals surface area contributed by atoms with Gasteiger partial charge in [0.05, 0.1) is 34.6 Å². The fourth-order valence-electron chi connectivity index (χ4n) is 4.10. The van der Waals surface area contributed by atoms with Crippen molar-refractivity contribution in [1.82, 2.24) is 14.9 Å². The van der Waals surface area contributed by atoms with Crippen LogP contribution >= 0.6 is 0 Å². The van der Waals surface area contributed by atoms with E-state index in [1.807, 2.05) is 59.5 Å². The van der Waals surface area contributed by atoms with Crippen LogP contribution in [0.3, 0.4) is 0 Å². The zero-order valence-corrected chi connectivity index (χ0v) is 16.5. The van der Waals surface area contributed by atoms with Crippen molar-refractivity contribution in [1.29, 1.82) is 5.26 Å². The van der Waals surface area contributed by atoms with Gasteiger partial charge in [0, 0.05) is 24.2 Å². The number of benzene rings is 3. The molecule has 1 aliphatic heterocycles. The van der Waals surface area contributed by atoms with Crippen LogP contribution in [0.1, 0.15) is 35.2 Å². The Morgan fingerprint density at radius 2 is 1.83 bits per heavy atom. The highest BCUT2D eigenvalue weighted by atomic mass is 16.2. The maximum atomic E-state index is 12.9. The topological polar surface area (TPSA) is 69.9 Å². The van der Waals surface area contributed by atoms with E-state index in [0.717, 1.165) is 53.5 Å². The Hall–Kier alpha value is -3.78. The lowest BCUT2D eigenvalue weighted by atomic mass is 10.0. The van der Waals surface area contributed by atoms with E-state index < -0.39 is 0 Å². The highest BCUT2D eigenvalue weighted by Crippen LogP contribution is 2.26. The SMILES string of the molecule is N#Cc1cccc2cc(-c3cnc4ccc(C(=O)N5CCCCC5)cc4n3)ccc12. The second-order valence-corrected chi connectivity index (χ2v) is 7.66. The minimum atomic E-state index is 0.0681. The lowest BCUT2D eigenvalue weighted by Gasteiger charge is -2.26. The maximum absolute atomic E-state index is 12.9. The summed E-state index contributed by atoms with van der Waals surface area (Å²) in [5, 5.41) is 11.2. The summed E-state index contributed by atoms with van der Waals surface area (Å²) in [5.74, 6) is 0.0681. The van der Waals surface area contributed by atoms with Gasteiger partial charge in [0.25, 0.3) is 5.91 Å². The number of nitriles is 1.